The van der Waals surface area contributed by atoms with Crippen LogP contribution in [0.5, 0.6) is 0 Å². The number of likely N-dealkylation sites (N-methyl/N-ethyl adjacent to an activating group) is 1. The first-order valence-corrected chi connectivity index (χ1v) is 6.24. The molecule has 0 radical (unpaired) electrons. The molecule has 1 aliphatic rings. The highest BCUT2D eigenvalue weighted by atomic mass is 16.2. The predicted octanol–water partition coefficient (Wildman–Crippen LogP) is -0.120. The van der Waals surface area contributed by atoms with E-state index in [9.17, 15) is 9.59 Å². The fraction of sp³-hybridized carbons (Fsp3) is 0.667. The maximum Gasteiger partial charge on any atom is 0.246 e. The van der Waals surface area contributed by atoms with Crippen LogP contribution >= 0.6 is 0 Å². The molecule has 0 aliphatic carbocycles. The van der Waals surface area contributed by atoms with Gasteiger partial charge in [-0.3, -0.25) is 19.8 Å². The highest BCUT2D eigenvalue weighted by molar-refractivity contribution is 6.05. The number of rotatable bonds is 3. The maximum absolute atomic E-state index is 11.7. The van der Waals surface area contributed by atoms with Crippen LogP contribution in [0.4, 0.5) is 0 Å². The number of likely N-dealkylation sites (tertiary alicyclic amines) is 1. The Kier molecular flexibility index (Phi) is 3.40. The molecule has 2 rings (SSSR count). The first-order valence-electron chi connectivity index (χ1n) is 6.24. The van der Waals surface area contributed by atoms with Crippen molar-refractivity contribution in [2.45, 2.75) is 45.3 Å². The quantitative estimate of drug-likeness (QED) is 0.771. The Hall–Kier alpha value is -1.76. The molecule has 2 heterocycles. The van der Waals surface area contributed by atoms with Crippen molar-refractivity contribution >= 4 is 11.8 Å². The number of nitrogens with one attached hydrogen (secondary N) is 1. The van der Waals surface area contributed by atoms with Gasteiger partial charge in [0.25, 0.3) is 0 Å². The monoisotopic (exact) mass is 265 g/mol. The molecule has 7 nitrogen and oxygen atoms in total. The van der Waals surface area contributed by atoms with Gasteiger partial charge in [0.1, 0.15) is 0 Å². The molecule has 1 aliphatic heterocycles. The van der Waals surface area contributed by atoms with Crippen molar-refractivity contribution in [2.75, 3.05) is 7.05 Å². The van der Waals surface area contributed by atoms with Gasteiger partial charge in [0, 0.05) is 13.6 Å². The van der Waals surface area contributed by atoms with Crippen LogP contribution < -0.4 is 5.32 Å². The van der Waals surface area contributed by atoms with E-state index in [2.05, 4.69) is 15.6 Å². The molecule has 1 fully saturated rings. The first kappa shape index (κ1) is 13.7. The summed E-state index contributed by atoms with van der Waals surface area (Å²) in [7, 11) is 1.50. The zero-order valence-electron chi connectivity index (χ0n) is 11.7. The highest BCUT2D eigenvalue weighted by Gasteiger charge is 2.35. The Morgan fingerprint density at radius 1 is 1.42 bits per heavy atom. The van der Waals surface area contributed by atoms with Crippen LogP contribution in [0.15, 0.2) is 6.20 Å². The van der Waals surface area contributed by atoms with Gasteiger partial charge in [-0.05, 0) is 20.8 Å². The molecule has 0 aromatic carbocycles. The van der Waals surface area contributed by atoms with Crippen LogP contribution in [0, 0.1) is 0 Å². The molecule has 0 saturated carbocycles. The summed E-state index contributed by atoms with van der Waals surface area (Å²) < 4.78 is 1.78. The number of aromatic nitrogens is 3. The fourth-order valence-electron chi connectivity index (χ4n) is 1.85. The van der Waals surface area contributed by atoms with Crippen LogP contribution in [0.3, 0.4) is 0 Å². The number of hydrogen-bond donors (Lipinski definition) is 1. The zero-order valence-corrected chi connectivity index (χ0v) is 11.7. The van der Waals surface area contributed by atoms with Crippen molar-refractivity contribution in [3.63, 3.8) is 0 Å². The summed E-state index contributed by atoms with van der Waals surface area (Å²) in [5.41, 5.74) is 0.634. The van der Waals surface area contributed by atoms with E-state index >= 15 is 0 Å². The van der Waals surface area contributed by atoms with E-state index < -0.39 is 6.04 Å². The normalized spacial score (nSPS) is 20.4. The molecule has 0 bridgehead atoms. The van der Waals surface area contributed by atoms with Crippen molar-refractivity contribution in [3.8, 4) is 0 Å². The average Bonchev–Trinajstić information content (AvgIpc) is 2.88. The van der Waals surface area contributed by atoms with Gasteiger partial charge in [0.2, 0.25) is 11.8 Å². The minimum absolute atomic E-state index is 0.120. The molecule has 2 amide bonds. The summed E-state index contributed by atoms with van der Waals surface area (Å²) in [6.45, 7) is 6.53. The third-order valence-electron chi connectivity index (χ3n) is 3.14. The molecule has 1 aromatic heterocycles. The van der Waals surface area contributed by atoms with Gasteiger partial charge >= 0.3 is 0 Å². The third kappa shape index (κ3) is 2.81. The second-order valence-corrected chi connectivity index (χ2v) is 5.75. The van der Waals surface area contributed by atoms with Gasteiger partial charge in [-0.2, -0.15) is 0 Å². The van der Waals surface area contributed by atoms with Crippen molar-refractivity contribution < 1.29 is 9.59 Å². The van der Waals surface area contributed by atoms with Crippen molar-refractivity contribution in [3.05, 3.63) is 11.9 Å². The molecule has 1 aromatic rings. The van der Waals surface area contributed by atoms with Crippen LogP contribution in [-0.2, 0) is 21.7 Å². The first-order chi connectivity index (χ1) is 8.79. The van der Waals surface area contributed by atoms with Crippen LogP contribution in [0.2, 0.25) is 0 Å². The number of carbonyl (C=O) groups is 2. The van der Waals surface area contributed by atoms with Crippen LogP contribution in [0.1, 0.15) is 32.9 Å². The smallest absolute Gasteiger partial charge is 0.246 e. The lowest BCUT2D eigenvalue weighted by molar-refractivity contribution is -0.137. The predicted molar refractivity (Wildman–Crippen MR) is 68.0 cm³/mol. The lowest BCUT2D eigenvalue weighted by Crippen LogP contribution is -2.36. The Balaban J connectivity index is 1.95. The molecule has 1 unspecified atom stereocenters. The summed E-state index contributed by atoms with van der Waals surface area (Å²) >= 11 is 0. The van der Waals surface area contributed by atoms with Gasteiger partial charge in [-0.15, -0.1) is 5.10 Å². The second-order valence-electron chi connectivity index (χ2n) is 5.75. The number of imide groups is 1. The van der Waals surface area contributed by atoms with E-state index in [1.54, 1.807) is 4.68 Å². The number of nitrogens with zero attached hydrogens (tertiary/aromatic N) is 4. The number of hydrogen-bond acceptors (Lipinski definition) is 5. The SMILES string of the molecule is CN1C(=O)CC(NCc2cn(C(C)(C)C)nn2)C1=O. The average molecular weight is 265 g/mol. The van der Waals surface area contributed by atoms with Crippen LogP contribution in [-0.4, -0.2) is 44.8 Å². The molecule has 1 N–H and O–H groups in total. The summed E-state index contributed by atoms with van der Waals surface area (Å²) in [5, 5.41) is 11.1. The molecular weight excluding hydrogens is 246 g/mol. The van der Waals surface area contributed by atoms with Gasteiger partial charge in [0.05, 0.1) is 29.9 Å². The largest absolute Gasteiger partial charge is 0.300 e. The summed E-state index contributed by atoms with van der Waals surface area (Å²) in [4.78, 5) is 24.2. The highest BCUT2D eigenvalue weighted by Crippen LogP contribution is 2.13. The molecule has 1 atom stereocenters. The summed E-state index contributed by atoms with van der Waals surface area (Å²) in [6.07, 6.45) is 2.06. The van der Waals surface area contributed by atoms with Crippen molar-refractivity contribution in [1.29, 1.82) is 0 Å². The van der Waals surface area contributed by atoms with Gasteiger partial charge in [-0.1, -0.05) is 5.21 Å². The Labute approximate surface area is 112 Å². The molecule has 1 saturated heterocycles. The minimum Gasteiger partial charge on any atom is -0.300 e. The van der Waals surface area contributed by atoms with E-state index in [1.165, 1.54) is 7.05 Å². The Bertz CT molecular complexity index is 502. The van der Waals surface area contributed by atoms with E-state index in [4.69, 9.17) is 0 Å². The topological polar surface area (TPSA) is 80.1 Å². The lowest BCUT2D eigenvalue weighted by atomic mass is 10.1. The Morgan fingerprint density at radius 3 is 2.58 bits per heavy atom. The maximum atomic E-state index is 11.7. The molecule has 0 spiro atoms. The van der Waals surface area contributed by atoms with E-state index in [-0.39, 0.29) is 23.8 Å². The van der Waals surface area contributed by atoms with E-state index in [0.29, 0.717) is 6.54 Å². The third-order valence-corrected chi connectivity index (χ3v) is 3.14. The molecule has 7 heteroatoms. The van der Waals surface area contributed by atoms with Crippen molar-refractivity contribution in [1.82, 2.24) is 25.2 Å². The Morgan fingerprint density at radius 2 is 2.11 bits per heavy atom. The number of carbonyl (C=O) groups excluding carboxylic acids is 2. The lowest BCUT2D eigenvalue weighted by Gasteiger charge is -2.17. The fourth-order valence-corrected chi connectivity index (χ4v) is 1.85. The van der Waals surface area contributed by atoms with Crippen molar-refractivity contribution in [2.24, 2.45) is 0 Å². The number of amides is 2. The van der Waals surface area contributed by atoms with Gasteiger partial charge in [0.15, 0.2) is 0 Å². The molecule has 19 heavy (non-hydrogen) atoms. The minimum atomic E-state index is -0.447. The zero-order chi connectivity index (χ0) is 14.2. The van der Waals surface area contributed by atoms with Gasteiger partial charge < -0.3 is 0 Å². The molecule has 104 valence electrons. The standard InChI is InChI=1S/C12H19N5O2/c1-12(2,3)17-7-8(14-15-17)6-13-9-5-10(18)16(4)11(9)19/h7,9,13H,5-6H2,1-4H3. The second kappa shape index (κ2) is 4.73. The summed E-state index contributed by atoms with van der Waals surface area (Å²) in [5.74, 6) is -0.339. The van der Waals surface area contributed by atoms with E-state index in [0.717, 1.165) is 10.6 Å². The van der Waals surface area contributed by atoms with Crippen LogP contribution in [0.25, 0.3) is 0 Å². The van der Waals surface area contributed by atoms with Gasteiger partial charge in [-0.25, -0.2) is 4.68 Å². The molecular formula is C12H19N5O2. The summed E-state index contributed by atoms with van der Waals surface area (Å²) in [6, 6.07) is -0.447. The van der Waals surface area contributed by atoms with E-state index in [1.807, 2.05) is 27.0 Å².